The first-order chi connectivity index (χ1) is 16.5. The molecule has 1 fully saturated rings. The van der Waals surface area contributed by atoms with Gasteiger partial charge in [-0.3, -0.25) is 4.79 Å². The second-order valence-electron chi connectivity index (χ2n) is 10.1. The van der Waals surface area contributed by atoms with Gasteiger partial charge in [-0.05, 0) is 60.9 Å². The molecular weight excluding hydrogens is 472 g/mol. The van der Waals surface area contributed by atoms with Gasteiger partial charge >= 0.3 is 0 Å². The smallest absolute Gasteiger partial charge is 0.286 e. The Labute approximate surface area is 208 Å². The number of aliphatic hydroxyl groups excluding tert-OH is 1. The molecule has 2 atom stereocenters. The summed E-state index contributed by atoms with van der Waals surface area (Å²) in [7, 11) is -2.33. The molecule has 1 aromatic rings. The van der Waals surface area contributed by atoms with Gasteiger partial charge in [0, 0.05) is 25.6 Å². The highest BCUT2D eigenvalue weighted by atomic mass is 32.2. The van der Waals surface area contributed by atoms with Crippen molar-refractivity contribution < 1.29 is 32.5 Å². The lowest BCUT2D eigenvalue weighted by Gasteiger charge is -2.36. The standard InChI is InChI=1S/C25H38N2O7S/c1-25(2,3)18-16-22(24(29)26-19-6-5-7-19)34-23(17-18)33-15-13-27(12-14-28)35(30,31)21-10-8-20(32-4)9-11-21/h8-11,16,18-19,23,28H,5-7,12-15,17H2,1-4H3,(H,26,29)/t18-,23+/m0/s1. The highest BCUT2D eigenvalue weighted by Crippen LogP contribution is 2.36. The van der Waals surface area contributed by atoms with Crippen LogP contribution >= 0.6 is 0 Å². The van der Waals surface area contributed by atoms with Crippen LogP contribution in [0.4, 0.5) is 0 Å². The van der Waals surface area contributed by atoms with Crippen molar-refractivity contribution in [2.24, 2.45) is 11.3 Å². The molecule has 1 heterocycles. The Morgan fingerprint density at radius 1 is 1.20 bits per heavy atom. The van der Waals surface area contributed by atoms with E-state index in [-0.39, 0.29) is 60.2 Å². The lowest BCUT2D eigenvalue weighted by Crippen LogP contribution is -2.43. The van der Waals surface area contributed by atoms with Gasteiger partial charge in [-0.25, -0.2) is 8.42 Å². The number of amides is 1. The number of carbonyl (C=O) groups excluding carboxylic acids is 1. The first-order valence-corrected chi connectivity index (χ1v) is 13.5. The number of sulfonamides is 1. The number of nitrogens with zero attached hydrogens (tertiary/aromatic N) is 1. The molecule has 9 nitrogen and oxygen atoms in total. The third kappa shape index (κ3) is 7.19. The number of ether oxygens (including phenoxy) is 3. The van der Waals surface area contributed by atoms with E-state index in [0.29, 0.717) is 12.2 Å². The number of aliphatic hydroxyl groups is 1. The predicted octanol–water partition coefficient (Wildman–Crippen LogP) is 2.66. The summed E-state index contributed by atoms with van der Waals surface area (Å²) in [5, 5.41) is 12.5. The van der Waals surface area contributed by atoms with Gasteiger partial charge in [0.15, 0.2) is 5.76 Å². The lowest BCUT2D eigenvalue weighted by molar-refractivity contribution is -0.153. The van der Waals surface area contributed by atoms with E-state index in [0.717, 1.165) is 19.3 Å². The average Bonchev–Trinajstić information content (AvgIpc) is 2.80. The predicted molar refractivity (Wildman–Crippen MR) is 131 cm³/mol. The van der Waals surface area contributed by atoms with E-state index in [1.165, 1.54) is 23.5 Å². The first kappa shape index (κ1) is 27.4. The fraction of sp³-hybridized carbons (Fsp3) is 0.640. The number of carbonyl (C=O) groups is 1. The van der Waals surface area contributed by atoms with E-state index in [2.05, 4.69) is 26.1 Å². The third-order valence-corrected chi connectivity index (χ3v) is 8.44. The van der Waals surface area contributed by atoms with Crippen molar-refractivity contribution in [1.82, 2.24) is 9.62 Å². The lowest BCUT2D eigenvalue weighted by atomic mass is 9.77. The van der Waals surface area contributed by atoms with Crippen molar-refractivity contribution >= 4 is 15.9 Å². The summed E-state index contributed by atoms with van der Waals surface area (Å²) >= 11 is 0. The Morgan fingerprint density at radius 3 is 2.43 bits per heavy atom. The Hall–Kier alpha value is -2.14. The highest BCUT2D eigenvalue weighted by Gasteiger charge is 2.35. The molecule has 10 heteroatoms. The van der Waals surface area contributed by atoms with E-state index in [4.69, 9.17) is 14.2 Å². The Morgan fingerprint density at radius 2 is 1.89 bits per heavy atom. The number of hydrogen-bond donors (Lipinski definition) is 2. The third-order valence-electron chi connectivity index (χ3n) is 6.52. The first-order valence-electron chi connectivity index (χ1n) is 12.1. The van der Waals surface area contributed by atoms with Crippen LogP contribution in [-0.4, -0.2) is 69.5 Å². The van der Waals surface area contributed by atoms with Gasteiger partial charge in [0.05, 0.1) is 25.2 Å². The maximum Gasteiger partial charge on any atom is 0.286 e. The molecule has 0 spiro atoms. The molecule has 2 aliphatic rings. The molecule has 1 aliphatic carbocycles. The average molecular weight is 511 g/mol. The molecule has 0 aromatic heterocycles. The van der Waals surface area contributed by atoms with Crippen LogP contribution in [-0.2, 0) is 24.3 Å². The topological polar surface area (TPSA) is 114 Å². The summed E-state index contributed by atoms with van der Waals surface area (Å²) in [5.74, 6) is 0.626. The van der Waals surface area contributed by atoms with Crippen LogP contribution in [0.25, 0.3) is 0 Å². The van der Waals surface area contributed by atoms with Crippen LogP contribution in [0.3, 0.4) is 0 Å². The molecule has 0 unspecified atom stereocenters. The molecule has 2 N–H and O–H groups in total. The van der Waals surface area contributed by atoms with E-state index in [9.17, 15) is 18.3 Å². The fourth-order valence-corrected chi connectivity index (χ4v) is 5.39. The number of allylic oxidation sites excluding steroid dienone is 1. The SMILES string of the molecule is COc1ccc(S(=O)(=O)N(CCO)CCO[C@H]2C[C@@H](C(C)(C)C)C=C(C(=O)NC3CCC3)O2)cc1. The summed E-state index contributed by atoms with van der Waals surface area (Å²) in [6.07, 6.45) is 4.82. The zero-order valence-electron chi connectivity index (χ0n) is 21.0. The van der Waals surface area contributed by atoms with Crippen molar-refractivity contribution in [1.29, 1.82) is 0 Å². The van der Waals surface area contributed by atoms with Crippen molar-refractivity contribution in [3.05, 3.63) is 36.1 Å². The summed E-state index contributed by atoms with van der Waals surface area (Å²) < 4.78 is 44.3. The Bertz CT molecular complexity index is 982. The summed E-state index contributed by atoms with van der Waals surface area (Å²) in [6.45, 7) is 5.99. The van der Waals surface area contributed by atoms with Crippen molar-refractivity contribution in [2.75, 3.05) is 33.4 Å². The van der Waals surface area contributed by atoms with Crippen molar-refractivity contribution in [3.63, 3.8) is 0 Å². The summed E-state index contributed by atoms with van der Waals surface area (Å²) in [6, 6.07) is 6.28. The summed E-state index contributed by atoms with van der Waals surface area (Å²) in [5.41, 5.74) is -0.103. The molecule has 0 bridgehead atoms. The van der Waals surface area contributed by atoms with Crippen LogP contribution in [0.2, 0.25) is 0 Å². The second kappa shape index (κ2) is 11.7. The number of rotatable bonds is 11. The van der Waals surface area contributed by atoms with Crippen LogP contribution in [0, 0.1) is 11.3 Å². The van der Waals surface area contributed by atoms with Gasteiger partial charge < -0.3 is 24.6 Å². The van der Waals surface area contributed by atoms with Crippen molar-refractivity contribution in [2.45, 2.75) is 63.7 Å². The molecule has 35 heavy (non-hydrogen) atoms. The number of hydrogen-bond acceptors (Lipinski definition) is 7. The minimum absolute atomic E-state index is 0.0300. The fourth-order valence-electron chi connectivity index (χ4n) is 3.98. The number of benzene rings is 1. The highest BCUT2D eigenvalue weighted by molar-refractivity contribution is 7.89. The zero-order chi connectivity index (χ0) is 25.6. The van der Waals surface area contributed by atoms with Crippen LogP contribution in [0.15, 0.2) is 41.0 Å². The largest absolute Gasteiger partial charge is 0.497 e. The van der Waals surface area contributed by atoms with Gasteiger partial charge in [0.25, 0.3) is 5.91 Å². The molecule has 1 amide bonds. The number of methoxy groups -OCH3 is 1. The Kier molecular flexibility index (Phi) is 9.20. The van der Waals surface area contributed by atoms with Gasteiger partial charge in [-0.2, -0.15) is 4.31 Å². The van der Waals surface area contributed by atoms with E-state index in [1.807, 2.05) is 6.08 Å². The molecule has 196 valence electrons. The Balaban J connectivity index is 1.64. The normalized spacial score (nSPS) is 21.1. The van der Waals surface area contributed by atoms with Gasteiger partial charge in [-0.15, -0.1) is 0 Å². The number of nitrogens with one attached hydrogen (secondary N) is 1. The quantitative estimate of drug-likeness (QED) is 0.470. The van der Waals surface area contributed by atoms with Crippen LogP contribution < -0.4 is 10.1 Å². The zero-order valence-corrected chi connectivity index (χ0v) is 21.8. The van der Waals surface area contributed by atoms with Gasteiger partial charge in [-0.1, -0.05) is 20.8 Å². The van der Waals surface area contributed by atoms with E-state index < -0.39 is 16.3 Å². The molecule has 3 rings (SSSR count). The molecule has 1 aliphatic heterocycles. The van der Waals surface area contributed by atoms with Crippen LogP contribution in [0.1, 0.15) is 46.5 Å². The molecule has 1 aromatic carbocycles. The minimum atomic E-state index is -3.84. The van der Waals surface area contributed by atoms with E-state index in [1.54, 1.807) is 12.1 Å². The minimum Gasteiger partial charge on any atom is -0.497 e. The molecule has 0 radical (unpaired) electrons. The maximum atomic E-state index is 13.1. The molecular formula is C25H38N2O7S. The second-order valence-corrected chi connectivity index (χ2v) is 12.0. The monoisotopic (exact) mass is 510 g/mol. The van der Waals surface area contributed by atoms with Crippen LogP contribution in [0.5, 0.6) is 5.75 Å². The maximum absolute atomic E-state index is 13.1. The molecule has 1 saturated carbocycles. The molecule has 0 saturated heterocycles. The van der Waals surface area contributed by atoms with E-state index >= 15 is 0 Å². The summed E-state index contributed by atoms with van der Waals surface area (Å²) in [4.78, 5) is 12.8. The van der Waals surface area contributed by atoms with Crippen molar-refractivity contribution in [3.8, 4) is 5.75 Å². The van der Waals surface area contributed by atoms with Gasteiger partial charge in [0.2, 0.25) is 16.3 Å². The van der Waals surface area contributed by atoms with Gasteiger partial charge in [0.1, 0.15) is 5.75 Å².